The molecule has 0 fully saturated rings. The zero-order valence-corrected chi connectivity index (χ0v) is 15.9. The monoisotopic (exact) mass is 380 g/mol. The SMILES string of the molecule is Cc1ccc(OCCCCNC(=O)CCc2nc(-c3ccncc3)no2)cc1. The number of carbonyl (C=O) groups excluding carboxylic acids is 1. The molecule has 0 atom stereocenters. The summed E-state index contributed by atoms with van der Waals surface area (Å²) in [5, 5.41) is 6.84. The van der Waals surface area contributed by atoms with E-state index in [2.05, 4.69) is 20.4 Å². The molecular formula is C21H24N4O3. The molecule has 0 radical (unpaired) electrons. The zero-order chi connectivity index (χ0) is 19.6. The van der Waals surface area contributed by atoms with Crippen LogP contribution in [0.2, 0.25) is 0 Å². The molecule has 0 unspecified atom stereocenters. The topological polar surface area (TPSA) is 90.1 Å². The van der Waals surface area contributed by atoms with Crippen molar-refractivity contribution in [3.05, 3.63) is 60.2 Å². The van der Waals surface area contributed by atoms with Crippen LogP contribution in [0, 0.1) is 6.92 Å². The molecule has 0 saturated heterocycles. The molecule has 0 aliphatic carbocycles. The predicted molar refractivity (Wildman–Crippen MR) is 105 cm³/mol. The van der Waals surface area contributed by atoms with E-state index in [1.54, 1.807) is 12.4 Å². The number of pyridine rings is 1. The molecule has 1 aromatic carbocycles. The summed E-state index contributed by atoms with van der Waals surface area (Å²) in [5.74, 6) is 1.81. The highest BCUT2D eigenvalue weighted by atomic mass is 16.5. The second-order valence-electron chi connectivity index (χ2n) is 6.47. The number of rotatable bonds is 10. The van der Waals surface area contributed by atoms with Crippen molar-refractivity contribution in [2.24, 2.45) is 0 Å². The van der Waals surface area contributed by atoms with Crippen molar-refractivity contribution < 1.29 is 14.1 Å². The summed E-state index contributed by atoms with van der Waals surface area (Å²) >= 11 is 0. The molecule has 1 amide bonds. The lowest BCUT2D eigenvalue weighted by Gasteiger charge is -2.07. The number of aromatic nitrogens is 3. The van der Waals surface area contributed by atoms with Crippen molar-refractivity contribution in [3.8, 4) is 17.1 Å². The van der Waals surface area contributed by atoms with E-state index in [-0.39, 0.29) is 5.91 Å². The van der Waals surface area contributed by atoms with E-state index in [4.69, 9.17) is 9.26 Å². The summed E-state index contributed by atoms with van der Waals surface area (Å²) in [6, 6.07) is 11.6. The van der Waals surface area contributed by atoms with Gasteiger partial charge in [-0.05, 0) is 44.0 Å². The molecule has 3 aromatic rings. The van der Waals surface area contributed by atoms with E-state index in [0.717, 1.165) is 24.2 Å². The Morgan fingerprint density at radius 2 is 1.89 bits per heavy atom. The molecule has 3 rings (SSSR count). The number of hydrogen-bond donors (Lipinski definition) is 1. The fraction of sp³-hybridized carbons (Fsp3) is 0.333. The van der Waals surface area contributed by atoms with Gasteiger partial charge in [0.15, 0.2) is 0 Å². The first-order chi connectivity index (χ1) is 13.7. The second-order valence-corrected chi connectivity index (χ2v) is 6.47. The Balaban J connectivity index is 1.28. The van der Waals surface area contributed by atoms with Gasteiger partial charge in [0.1, 0.15) is 5.75 Å². The first-order valence-electron chi connectivity index (χ1n) is 9.40. The summed E-state index contributed by atoms with van der Waals surface area (Å²) in [4.78, 5) is 20.2. The van der Waals surface area contributed by atoms with Crippen LogP contribution in [0.3, 0.4) is 0 Å². The average molecular weight is 380 g/mol. The molecule has 7 heteroatoms. The van der Waals surface area contributed by atoms with Crippen LogP contribution in [0.25, 0.3) is 11.4 Å². The van der Waals surface area contributed by atoms with Crippen LogP contribution in [0.1, 0.15) is 30.7 Å². The minimum Gasteiger partial charge on any atom is -0.494 e. The van der Waals surface area contributed by atoms with E-state index >= 15 is 0 Å². The van der Waals surface area contributed by atoms with E-state index in [1.165, 1.54) is 5.56 Å². The van der Waals surface area contributed by atoms with Gasteiger partial charge in [0.25, 0.3) is 0 Å². The standard InChI is InChI=1S/C21H24N4O3/c1-16-4-6-18(7-5-16)27-15-3-2-12-23-19(26)8-9-20-24-21(25-28-20)17-10-13-22-14-11-17/h4-7,10-11,13-14H,2-3,8-9,12,15H2,1H3,(H,23,26). The highest BCUT2D eigenvalue weighted by Crippen LogP contribution is 2.14. The fourth-order valence-corrected chi connectivity index (χ4v) is 2.56. The van der Waals surface area contributed by atoms with Crippen molar-refractivity contribution in [2.45, 2.75) is 32.6 Å². The van der Waals surface area contributed by atoms with Gasteiger partial charge in [0, 0.05) is 37.3 Å². The predicted octanol–water partition coefficient (Wildman–Crippen LogP) is 3.35. The highest BCUT2D eigenvalue weighted by molar-refractivity contribution is 5.75. The van der Waals surface area contributed by atoms with Crippen LogP contribution in [0.5, 0.6) is 5.75 Å². The number of unbranched alkanes of at least 4 members (excludes halogenated alkanes) is 1. The number of nitrogens with zero attached hydrogens (tertiary/aromatic N) is 3. The molecule has 0 aliphatic rings. The number of hydrogen-bond acceptors (Lipinski definition) is 6. The van der Waals surface area contributed by atoms with Gasteiger partial charge in [-0.1, -0.05) is 22.9 Å². The van der Waals surface area contributed by atoms with Crippen LogP contribution in [-0.2, 0) is 11.2 Å². The summed E-state index contributed by atoms with van der Waals surface area (Å²) in [6.07, 6.45) is 5.82. The Bertz CT molecular complexity index is 863. The molecule has 2 aromatic heterocycles. The smallest absolute Gasteiger partial charge is 0.227 e. The Morgan fingerprint density at radius 3 is 2.68 bits per heavy atom. The lowest BCUT2D eigenvalue weighted by molar-refractivity contribution is -0.121. The third-order valence-corrected chi connectivity index (χ3v) is 4.16. The Labute approximate surface area is 164 Å². The average Bonchev–Trinajstić information content (AvgIpc) is 3.20. The maximum absolute atomic E-state index is 11.9. The van der Waals surface area contributed by atoms with Gasteiger partial charge in [0.2, 0.25) is 17.6 Å². The van der Waals surface area contributed by atoms with E-state index in [1.807, 2.05) is 43.3 Å². The normalized spacial score (nSPS) is 10.6. The van der Waals surface area contributed by atoms with Crippen LogP contribution < -0.4 is 10.1 Å². The third-order valence-electron chi connectivity index (χ3n) is 4.16. The summed E-state index contributed by atoms with van der Waals surface area (Å²) in [5.41, 5.74) is 2.05. The van der Waals surface area contributed by atoms with Crippen molar-refractivity contribution in [3.63, 3.8) is 0 Å². The summed E-state index contributed by atoms with van der Waals surface area (Å²) in [7, 11) is 0. The van der Waals surface area contributed by atoms with E-state index in [0.29, 0.717) is 37.7 Å². The number of nitrogens with one attached hydrogen (secondary N) is 1. The number of carbonyl (C=O) groups is 1. The van der Waals surface area contributed by atoms with Gasteiger partial charge in [-0.25, -0.2) is 0 Å². The van der Waals surface area contributed by atoms with Crippen LogP contribution in [0.4, 0.5) is 0 Å². The van der Waals surface area contributed by atoms with Gasteiger partial charge < -0.3 is 14.6 Å². The third kappa shape index (κ3) is 6.19. The summed E-state index contributed by atoms with van der Waals surface area (Å²) < 4.78 is 10.9. The van der Waals surface area contributed by atoms with Crippen LogP contribution in [-0.4, -0.2) is 34.2 Å². The first kappa shape index (κ1) is 19.5. The van der Waals surface area contributed by atoms with Crippen LogP contribution in [0.15, 0.2) is 53.3 Å². The number of amides is 1. The Hall–Kier alpha value is -3.22. The van der Waals surface area contributed by atoms with Gasteiger partial charge in [-0.2, -0.15) is 4.98 Å². The molecule has 0 saturated carbocycles. The summed E-state index contributed by atoms with van der Waals surface area (Å²) in [6.45, 7) is 3.31. The van der Waals surface area contributed by atoms with E-state index < -0.39 is 0 Å². The van der Waals surface area contributed by atoms with Crippen LogP contribution >= 0.6 is 0 Å². The van der Waals surface area contributed by atoms with Gasteiger partial charge in [-0.15, -0.1) is 0 Å². The minimum absolute atomic E-state index is 0.0249. The molecule has 0 spiro atoms. The van der Waals surface area contributed by atoms with E-state index in [9.17, 15) is 4.79 Å². The number of benzene rings is 1. The molecular weight excluding hydrogens is 356 g/mol. The molecule has 2 heterocycles. The van der Waals surface area contributed by atoms with Gasteiger partial charge in [-0.3, -0.25) is 9.78 Å². The fourth-order valence-electron chi connectivity index (χ4n) is 2.56. The molecule has 0 bridgehead atoms. The molecule has 28 heavy (non-hydrogen) atoms. The maximum atomic E-state index is 11.9. The highest BCUT2D eigenvalue weighted by Gasteiger charge is 2.10. The zero-order valence-electron chi connectivity index (χ0n) is 15.9. The quantitative estimate of drug-likeness (QED) is 0.543. The van der Waals surface area contributed by atoms with Crippen molar-refractivity contribution in [2.75, 3.05) is 13.2 Å². The molecule has 0 aliphatic heterocycles. The largest absolute Gasteiger partial charge is 0.494 e. The number of ether oxygens (including phenoxy) is 1. The lowest BCUT2D eigenvalue weighted by atomic mass is 10.2. The minimum atomic E-state index is -0.0249. The van der Waals surface area contributed by atoms with Gasteiger partial charge in [0.05, 0.1) is 6.61 Å². The van der Waals surface area contributed by atoms with Crippen molar-refractivity contribution in [1.82, 2.24) is 20.4 Å². The lowest BCUT2D eigenvalue weighted by Crippen LogP contribution is -2.25. The van der Waals surface area contributed by atoms with Crippen molar-refractivity contribution >= 4 is 5.91 Å². The van der Waals surface area contributed by atoms with Gasteiger partial charge >= 0.3 is 0 Å². The Kier molecular flexibility index (Phi) is 7.12. The molecule has 146 valence electrons. The number of aryl methyl sites for hydroxylation is 2. The van der Waals surface area contributed by atoms with Crippen molar-refractivity contribution in [1.29, 1.82) is 0 Å². The Morgan fingerprint density at radius 1 is 1.11 bits per heavy atom. The molecule has 7 nitrogen and oxygen atoms in total. The first-order valence-corrected chi connectivity index (χ1v) is 9.40. The maximum Gasteiger partial charge on any atom is 0.227 e. The second kappa shape index (κ2) is 10.2. The molecule has 1 N–H and O–H groups in total.